The normalized spacial score (nSPS) is 12.4. The molecular formula is C16H24O2. The van der Waals surface area contributed by atoms with Crippen molar-refractivity contribution in [2.75, 3.05) is 6.61 Å². The summed E-state index contributed by atoms with van der Waals surface area (Å²) in [7, 11) is 0. The highest BCUT2D eigenvalue weighted by atomic mass is 16.5. The number of hydrogen-bond donors (Lipinski definition) is 0. The number of rotatable bonds is 8. The Morgan fingerprint density at radius 3 is 2.44 bits per heavy atom. The van der Waals surface area contributed by atoms with E-state index in [0.717, 1.165) is 18.6 Å². The first kappa shape index (κ1) is 14.8. The van der Waals surface area contributed by atoms with Crippen LogP contribution in [0.3, 0.4) is 0 Å². The third-order valence-electron chi connectivity index (χ3n) is 2.65. The maximum absolute atomic E-state index is 5.83. The summed E-state index contributed by atoms with van der Waals surface area (Å²) in [5.74, 6) is 0.806. The molecule has 0 aliphatic carbocycles. The third kappa shape index (κ3) is 5.87. The zero-order valence-electron chi connectivity index (χ0n) is 11.7. The van der Waals surface area contributed by atoms with Crippen molar-refractivity contribution in [1.29, 1.82) is 0 Å². The van der Waals surface area contributed by atoms with E-state index in [9.17, 15) is 0 Å². The Labute approximate surface area is 111 Å². The lowest BCUT2D eigenvalue weighted by atomic mass is 10.1. The molecule has 2 nitrogen and oxygen atoms in total. The van der Waals surface area contributed by atoms with Crippen LogP contribution in [0.15, 0.2) is 42.7 Å². The Morgan fingerprint density at radius 1 is 1.22 bits per heavy atom. The molecule has 1 unspecified atom stereocenters. The summed E-state index contributed by atoms with van der Waals surface area (Å²) in [4.78, 5) is 0. The predicted molar refractivity (Wildman–Crippen MR) is 75.5 cm³/mol. The molecule has 100 valence electrons. The molecule has 0 aliphatic rings. The molecular weight excluding hydrogens is 224 g/mol. The van der Waals surface area contributed by atoms with Gasteiger partial charge in [-0.25, -0.2) is 0 Å². The second-order valence-electron chi connectivity index (χ2n) is 4.73. The van der Waals surface area contributed by atoms with Crippen molar-refractivity contribution in [3.05, 3.63) is 48.2 Å². The van der Waals surface area contributed by atoms with Gasteiger partial charge in [-0.05, 0) is 25.8 Å². The van der Waals surface area contributed by atoms with Gasteiger partial charge in [0.2, 0.25) is 0 Å². The minimum Gasteiger partial charge on any atom is -0.493 e. The molecule has 0 aromatic heterocycles. The van der Waals surface area contributed by atoms with E-state index in [1.54, 1.807) is 0 Å². The van der Waals surface area contributed by atoms with Gasteiger partial charge in [-0.2, -0.15) is 0 Å². The molecule has 0 amide bonds. The van der Waals surface area contributed by atoms with Crippen molar-refractivity contribution in [3.8, 4) is 0 Å². The fourth-order valence-corrected chi connectivity index (χ4v) is 1.64. The summed E-state index contributed by atoms with van der Waals surface area (Å²) in [6, 6.07) is 10.2. The highest BCUT2D eigenvalue weighted by Crippen LogP contribution is 2.12. The van der Waals surface area contributed by atoms with Crippen LogP contribution < -0.4 is 0 Å². The molecule has 0 radical (unpaired) electrons. The van der Waals surface area contributed by atoms with Crippen molar-refractivity contribution in [2.24, 2.45) is 0 Å². The van der Waals surface area contributed by atoms with Gasteiger partial charge >= 0.3 is 0 Å². The molecule has 1 aromatic rings. The highest BCUT2D eigenvalue weighted by molar-refractivity contribution is 5.18. The second kappa shape index (κ2) is 7.93. The number of allylic oxidation sites excluding steroid dienone is 1. The Morgan fingerprint density at radius 2 is 1.89 bits per heavy atom. The van der Waals surface area contributed by atoms with Gasteiger partial charge in [-0.3, -0.25) is 0 Å². The van der Waals surface area contributed by atoms with E-state index in [-0.39, 0.29) is 12.2 Å². The minimum absolute atomic E-state index is 0.101. The van der Waals surface area contributed by atoms with Gasteiger partial charge in [0.1, 0.15) is 6.10 Å². The molecule has 0 heterocycles. The van der Waals surface area contributed by atoms with Crippen LogP contribution in [-0.4, -0.2) is 18.8 Å². The quantitative estimate of drug-likeness (QED) is 0.648. The van der Waals surface area contributed by atoms with Gasteiger partial charge in [0.05, 0.1) is 18.5 Å². The summed E-state index contributed by atoms with van der Waals surface area (Å²) in [5.41, 5.74) is 1.22. The van der Waals surface area contributed by atoms with Gasteiger partial charge in [0.15, 0.2) is 0 Å². The van der Waals surface area contributed by atoms with Gasteiger partial charge in [-0.15, -0.1) is 0 Å². The van der Waals surface area contributed by atoms with E-state index in [0.29, 0.717) is 6.61 Å². The highest BCUT2D eigenvalue weighted by Gasteiger charge is 2.10. The molecule has 18 heavy (non-hydrogen) atoms. The molecule has 0 aliphatic heterocycles. The van der Waals surface area contributed by atoms with Crippen LogP contribution in [0.5, 0.6) is 0 Å². The average Bonchev–Trinajstić information content (AvgIpc) is 2.35. The molecule has 0 bridgehead atoms. The van der Waals surface area contributed by atoms with Crippen LogP contribution in [0.1, 0.15) is 32.8 Å². The van der Waals surface area contributed by atoms with Crippen LogP contribution in [-0.2, 0) is 15.9 Å². The smallest absolute Gasteiger partial charge is 0.121 e. The zero-order chi connectivity index (χ0) is 13.4. The summed E-state index contributed by atoms with van der Waals surface area (Å²) in [6.07, 6.45) is 2.04. The van der Waals surface area contributed by atoms with Crippen LogP contribution in [0, 0.1) is 0 Å². The molecule has 0 saturated heterocycles. The van der Waals surface area contributed by atoms with Crippen molar-refractivity contribution >= 4 is 0 Å². The van der Waals surface area contributed by atoms with Crippen molar-refractivity contribution in [1.82, 2.24) is 0 Å². The van der Waals surface area contributed by atoms with Crippen LogP contribution >= 0.6 is 0 Å². The first-order chi connectivity index (χ1) is 8.61. The van der Waals surface area contributed by atoms with Crippen LogP contribution in [0.25, 0.3) is 0 Å². The fraction of sp³-hybridized carbons (Fsp3) is 0.500. The molecule has 0 N–H and O–H groups in total. The van der Waals surface area contributed by atoms with Gasteiger partial charge < -0.3 is 9.47 Å². The van der Waals surface area contributed by atoms with Gasteiger partial charge in [0, 0.05) is 6.42 Å². The average molecular weight is 248 g/mol. The molecule has 0 fully saturated rings. The fourth-order valence-electron chi connectivity index (χ4n) is 1.64. The van der Waals surface area contributed by atoms with Gasteiger partial charge in [-0.1, -0.05) is 43.8 Å². The van der Waals surface area contributed by atoms with Gasteiger partial charge in [0.25, 0.3) is 0 Å². The second-order valence-corrected chi connectivity index (χ2v) is 4.73. The lowest BCUT2D eigenvalue weighted by molar-refractivity contribution is -0.0118. The summed E-state index contributed by atoms with van der Waals surface area (Å²) in [6.45, 7) is 10.8. The topological polar surface area (TPSA) is 18.5 Å². The molecule has 1 atom stereocenters. The largest absolute Gasteiger partial charge is 0.493 e. The van der Waals surface area contributed by atoms with Crippen molar-refractivity contribution in [2.45, 2.75) is 45.8 Å². The molecule has 2 heteroatoms. The summed E-state index contributed by atoms with van der Waals surface area (Å²) >= 11 is 0. The van der Waals surface area contributed by atoms with Crippen molar-refractivity contribution < 1.29 is 9.47 Å². The van der Waals surface area contributed by atoms with Crippen LogP contribution in [0.2, 0.25) is 0 Å². The lowest BCUT2D eigenvalue weighted by Crippen LogP contribution is -2.21. The SMILES string of the molecule is C=C(Cc1ccccc1)OC(CC)COC(C)C. The van der Waals surface area contributed by atoms with E-state index >= 15 is 0 Å². The molecule has 1 aromatic carbocycles. The Kier molecular flexibility index (Phi) is 6.51. The Balaban J connectivity index is 2.37. The zero-order valence-corrected chi connectivity index (χ0v) is 11.7. The molecule has 1 rings (SSSR count). The molecule has 0 saturated carbocycles. The number of hydrogen-bond acceptors (Lipinski definition) is 2. The summed E-state index contributed by atoms with van der Waals surface area (Å²) in [5, 5.41) is 0. The standard InChI is InChI=1S/C16H24O2/c1-5-16(12-17-13(2)3)18-14(4)11-15-9-7-6-8-10-15/h6-10,13,16H,4-5,11-12H2,1-3H3. The van der Waals surface area contributed by atoms with E-state index in [1.807, 2.05) is 32.0 Å². The first-order valence-corrected chi connectivity index (χ1v) is 6.61. The summed E-state index contributed by atoms with van der Waals surface area (Å²) < 4.78 is 11.4. The number of ether oxygens (including phenoxy) is 2. The maximum Gasteiger partial charge on any atom is 0.121 e. The van der Waals surface area contributed by atoms with E-state index < -0.39 is 0 Å². The first-order valence-electron chi connectivity index (χ1n) is 6.61. The molecule has 0 spiro atoms. The minimum atomic E-state index is 0.101. The predicted octanol–water partition coefficient (Wildman–Crippen LogP) is 3.96. The van der Waals surface area contributed by atoms with Crippen molar-refractivity contribution in [3.63, 3.8) is 0 Å². The number of benzene rings is 1. The lowest BCUT2D eigenvalue weighted by Gasteiger charge is -2.20. The van der Waals surface area contributed by atoms with E-state index in [4.69, 9.17) is 9.47 Å². The maximum atomic E-state index is 5.83. The Bertz CT molecular complexity index is 343. The van der Waals surface area contributed by atoms with Crippen LogP contribution in [0.4, 0.5) is 0 Å². The van der Waals surface area contributed by atoms with E-state index in [2.05, 4.69) is 25.6 Å². The monoisotopic (exact) mass is 248 g/mol. The third-order valence-corrected chi connectivity index (χ3v) is 2.65. The Hall–Kier alpha value is -1.28. The van der Waals surface area contributed by atoms with E-state index in [1.165, 1.54) is 5.56 Å².